The number of carbonyl (C=O) groups excluding carboxylic acids is 2. The minimum absolute atomic E-state index is 0.0574. The van der Waals surface area contributed by atoms with Gasteiger partial charge >= 0.3 is 12.1 Å². The van der Waals surface area contributed by atoms with E-state index >= 15 is 4.39 Å². The second-order valence-electron chi connectivity index (χ2n) is 7.28. The van der Waals surface area contributed by atoms with Crippen LogP contribution in [0.15, 0.2) is 36.5 Å². The third-order valence-corrected chi connectivity index (χ3v) is 5.08. The number of anilines is 2. The van der Waals surface area contributed by atoms with Crippen molar-refractivity contribution in [3.8, 4) is 0 Å². The Labute approximate surface area is 179 Å². The first-order chi connectivity index (χ1) is 14.9. The highest BCUT2D eigenvalue weighted by atomic mass is 19.1. The molecule has 166 valence electrons. The summed E-state index contributed by atoms with van der Waals surface area (Å²) in [5.41, 5.74) is 1.78. The third kappa shape index (κ3) is 5.68. The SMILES string of the molecule is COC(=O)N1CCN(Cc2cccc(NC(=O)Nc3ccc(C)nc3)c2F)C[C@H]1CO. The van der Waals surface area contributed by atoms with E-state index in [9.17, 15) is 14.7 Å². The largest absolute Gasteiger partial charge is 0.453 e. The van der Waals surface area contributed by atoms with Gasteiger partial charge in [-0.2, -0.15) is 0 Å². The summed E-state index contributed by atoms with van der Waals surface area (Å²) in [7, 11) is 1.29. The van der Waals surface area contributed by atoms with Crippen molar-refractivity contribution in [2.45, 2.75) is 19.5 Å². The molecule has 3 amide bonds. The maximum absolute atomic E-state index is 15.0. The molecule has 0 saturated carbocycles. The molecule has 1 aromatic heterocycles. The number of hydrogen-bond donors (Lipinski definition) is 3. The first-order valence-corrected chi connectivity index (χ1v) is 9.87. The zero-order valence-electron chi connectivity index (χ0n) is 17.5. The number of pyridine rings is 1. The van der Waals surface area contributed by atoms with Crippen LogP contribution in [0.2, 0.25) is 0 Å². The molecule has 1 saturated heterocycles. The number of rotatable bonds is 5. The van der Waals surface area contributed by atoms with Gasteiger partial charge in [-0.25, -0.2) is 14.0 Å². The number of halogens is 1. The summed E-state index contributed by atoms with van der Waals surface area (Å²) in [5.74, 6) is -0.532. The molecule has 1 aliphatic heterocycles. The highest BCUT2D eigenvalue weighted by Gasteiger charge is 2.31. The van der Waals surface area contributed by atoms with Gasteiger partial charge in [-0.05, 0) is 25.1 Å². The number of amides is 3. The van der Waals surface area contributed by atoms with E-state index in [1.807, 2.05) is 11.8 Å². The zero-order chi connectivity index (χ0) is 22.4. The molecule has 3 N–H and O–H groups in total. The number of urea groups is 1. The number of hydrogen-bond acceptors (Lipinski definition) is 6. The van der Waals surface area contributed by atoms with Gasteiger partial charge in [-0.3, -0.25) is 9.88 Å². The van der Waals surface area contributed by atoms with Crippen molar-refractivity contribution in [2.24, 2.45) is 0 Å². The zero-order valence-corrected chi connectivity index (χ0v) is 17.5. The van der Waals surface area contributed by atoms with Crippen LogP contribution in [0.1, 0.15) is 11.3 Å². The van der Waals surface area contributed by atoms with Gasteiger partial charge in [0.25, 0.3) is 0 Å². The molecule has 0 spiro atoms. The van der Waals surface area contributed by atoms with Gasteiger partial charge in [0.2, 0.25) is 0 Å². The van der Waals surface area contributed by atoms with Gasteiger partial charge in [0.05, 0.1) is 37.3 Å². The van der Waals surface area contributed by atoms with Crippen molar-refractivity contribution < 1.29 is 23.8 Å². The molecule has 1 aliphatic rings. The summed E-state index contributed by atoms with van der Waals surface area (Å²) in [6.07, 6.45) is 1.03. The van der Waals surface area contributed by atoms with Gasteiger partial charge in [0.1, 0.15) is 0 Å². The van der Waals surface area contributed by atoms with Crippen LogP contribution in [0.5, 0.6) is 0 Å². The average molecular weight is 431 g/mol. The predicted octanol–water partition coefficient (Wildman–Crippen LogP) is 2.42. The number of carbonyl (C=O) groups is 2. The summed E-state index contributed by atoms with van der Waals surface area (Å²) in [5, 5.41) is 14.7. The maximum Gasteiger partial charge on any atom is 0.409 e. The molecule has 2 aromatic rings. The quantitative estimate of drug-likeness (QED) is 0.671. The van der Waals surface area contributed by atoms with Crippen LogP contribution in [-0.4, -0.2) is 71.4 Å². The van der Waals surface area contributed by atoms with E-state index in [1.165, 1.54) is 24.3 Å². The van der Waals surface area contributed by atoms with Crippen molar-refractivity contribution in [3.05, 3.63) is 53.6 Å². The van der Waals surface area contributed by atoms with E-state index < -0.39 is 24.0 Å². The molecule has 10 heteroatoms. The van der Waals surface area contributed by atoms with E-state index in [0.717, 1.165) is 5.69 Å². The number of nitrogens with one attached hydrogen (secondary N) is 2. The lowest BCUT2D eigenvalue weighted by Gasteiger charge is -2.39. The van der Waals surface area contributed by atoms with Crippen molar-refractivity contribution in [3.63, 3.8) is 0 Å². The molecule has 9 nitrogen and oxygen atoms in total. The lowest BCUT2D eigenvalue weighted by molar-refractivity contribution is 0.0311. The van der Waals surface area contributed by atoms with E-state index in [4.69, 9.17) is 4.74 Å². The Morgan fingerprint density at radius 1 is 1.26 bits per heavy atom. The third-order valence-electron chi connectivity index (χ3n) is 5.08. The molecule has 2 heterocycles. The predicted molar refractivity (Wildman–Crippen MR) is 113 cm³/mol. The highest BCUT2D eigenvalue weighted by molar-refractivity contribution is 5.99. The summed E-state index contributed by atoms with van der Waals surface area (Å²) in [6.45, 7) is 3.14. The van der Waals surface area contributed by atoms with Crippen molar-refractivity contribution in [2.75, 3.05) is 44.0 Å². The monoisotopic (exact) mass is 431 g/mol. The van der Waals surface area contributed by atoms with Crippen LogP contribution >= 0.6 is 0 Å². The van der Waals surface area contributed by atoms with Crippen LogP contribution in [0.3, 0.4) is 0 Å². The van der Waals surface area contributed by atoms with Gasteiger partial charge in [0, 0.05) is 37.4 Å². The lowest BCUT2D eigenvalue weighted by atomic mass is 10.1. The number of methoxy groups -OCH3 is 1. The highest BCUT2D eigenvalue weighted by Crippen LogP contribution is 2.22. The van der Waals surface area contributed by atoms with Crippen LogP contribution in [0.4, 0.5) is 25.4 Å². The molecular weight excluding hydrogens is 405 g/mol. The number of ether oxygens (including phenoxy) is 1. The minimum Gasteiger partial charge on any atom is -0.453 e. The molecule has 1 fully saturated rings. The smallest absolute Gasteiger partial charge is 0.409 e. The normalized spacial score (nSPS) is 16.6. The number of aliphatic hydroxyl groups is 1. The minimum atomic E-state index is -0.575. The van der Waals surface area contributed by atoms with E-state index in [-0.39, 0.29) is 18.8 Å². The topological polar surface area (TPSA) is 107 Å². The molecular formula is C21H26FN5O4. The number of aromatic nitrogens is 1. The van der Waals surface area contributed by atoms with Crippen molar-refractivity contribution >= 4 is 23.5 Å². The number of aliphatic hydroxyl groups excluding tert-OH is 1. The van der Waals surface area contributed by atoms with Crippen LogP contribution in [-0.2, 0) is 11.3 Å². The van der Waals surface area contributed by atoms with Crippen LogP contribution in [0, 0.1) is 12.7 Å². The number of benzene rings is 1. The molecule has 0 radical (unpaired) electrons. The van der Waals surface area contributed by atoms with Gasteiger partial charge < -0.3 is 25.4 Å². The molecule has 0 bridgehead atoms. The Hall–Kier alpha value is -3.24. The fourth-order valence-corrected chi connectivity index (χ4v) is 3.44. The van der Waals surface area contributed by atoms with E-state index in [0.29, 0.717) is 30.9 Å². The molecule has 3 rings (SSSR count). The molecule has 1 aromatic carbocycles. The number of piperazine rings is 1. The fraction of sp³-hybridized carbons (Fsp3) is 0.381. The number of aryl methyl sites for hydroxylation is 1. The van der Waals surface area contributed by atoms with Crippen molar-refractivity contribution in [1.82, 2.24) is 14.8 Å². The maximum atomic E-state index is 15.0. The van der Waals surface area contributed by atoms with Gasteiger partial charge in [-0.1, -0.05) is 12.1 Å². The van der Waals surface area contributed by atoms with Crippen LogP contribution in [0.25, 0.3) is 0 Å². The summed E-state index contributed by atoms with van der Waals surface area (Å²) in [6, 6.07) is 7.25. The Kier molecular flexibility index (Phi) is 7.37. The Morgan fingerprint density at radius 2 is 2.06 bits per heavy atom. The number of nitrogens with zero attached hydrogens (tertiary/aromatic N) is 3. The Balaban J connectivity index is 1.63. The second-order valence-corrected chi connectivity index (χ2v) is 7.28. The van der Waals surface area contributed by atoms with Crippen LogP contribution < -0.4 is 10.6 Å². The molecule has 1 atom stereocenters. The lowest BCUT2D eigenvalue weighted by Crippen LogP contribution is -2.56. The summed E-state index contributed by atoms with van der Waals surface area (Å²) < 4.78 is 19.7. The van der Waals surface area contributed by atoms with E-state index in [2.05, 4.69) is 15.6 Å². The van der Waals surface area contributed by atoms with Crippen molar-refractivity contribution in [1.29, 1.82) is 0 Å². The Bertz CT molecular complexity index is 924. The molecule has 31 heavy (non-hydrogen) atoms. The van der Waals surface area contributed by atoms with Gasteiger partial charge in [0.15, 0.2) is 5.82 Å². The van der Waals surface area contributed by atoms with Gasteiger partial charge in [-0.15, -0.1) is 0 Å². The summed E-state index contributed by atoms with van der Waals surface area (Å²) >= 11 is 0. The van der Waals surface area contributed by atoms with E-state index in [1.54, 1.807) is 24.3 Å². The average Bonchev–Trinajstić information content (AvgIpc) is 2.77. The molecule has 0 aliphatic carbocycles. The first-order valence-electron chi connectivity index (χ1n) is 9.87. The Morgan fingerprint density at radius 3 is 2.74 bits per heavy atom. The first kappa shape index (κ1) is 22.4. The fourth-order valence-electron chi connectivity index (χ4n) is 3.44. The molecule has 0 unspecified atom stereocenters. The standard InChI is InChI=1S/C21H26FN5O4/c1-14-6-7-16(10-23-14)24-20(29)25-18-5-3-4-15(19(18)22)11-26-8-9-27(21(30)31-2)17(12-26)13-28/h3-7,10,17,28H,8-9,11-13H2,1-2H3,(H2,24,25,29)/t17-/m0/s1. The second kappa shape index (κ2) is 10.2. The summed E-state index contributed by atoms with van der Waals surface area (Å²) in [4.78, 5) is 31.6.